The minimum absolute atomic E-state index is 0.0413. The average Bonchev–Trinajstić information content (AvgIpc) is 3.00. The zero-order valence-corrected chi connectivity index (χ0v) is 19.6. The van der Waals surface area contributed by atoms with Crippen LogP contribution in [0.15, 0.2) is 29.2 Å². The normalized spacial score (nSPS) is 22.1. The number of rotatable bonds is 5. The highest BCUT2D eigenvalue weighted by atomic mass is 19.1. The van der Waals surface area contributed by atoms with Crippen LogP contribution in [0.3, 0.4) is 0 Å². The fraction of sp³-hybridized carbons (Fsp3) is 0.458. The van der Waals surface area contributed by atoms with Crippen molar-refractivity contribution in [3.8, 4) is 5.75 Å². The molecule has 2 atom stereocenters. The summed E-state index contributed by atoms with van der Waals surface area (Å²) in [6.45, 7) is 9.33. The number of aromatic hydroxyl groups is 1. The summed E-state index contributed by atoms with van der Waals surface area (Å²) in [5, 5.41) is 13.0. The third-order valence-corrected chi connectivity index (χ3v) is 6.61. The standard InChI is InChI=1S/C24H28F2N4O4/c1-13(2)9-29-14(3)10-30-23(34)19-21(32)20(31)17(11-28(19)12-24(29,30)4)22(33)27-8-15-5-6-16(25)7-18(15)26/h5-7,11,13-14,32H,8-10,12H2,1-4H3,(H,27,33)/t14-,24?/m0/s1. The third-order valence-electron chi connectivity index (χ3n) is 6.61. The minimum atomic E-state index is -0.980. The largest absolute Gasteiger partial charge is 0.503 e. The minimum Gasteiger partial charge on any atom is -0.503 e. The van der Waals surface area contributed by atoms with E-state index >= 15 is 0 Å². The molecule has 1 fully saturated rings. The van der Waals surface area contributed by atoms with Gasteiger partial charge in [0.2, 0.25) is 5.43 Å². The maximum atomic E-state index is 13.9. The highest BCUT2D eigenvalue weighted by molar-refractivity contribution is 5.99. The van der Waals surface area contributed by atoms with E-state index in [2.05, 4.69) is 24.1 Å². The molecule has 0 spiro atoms. The van der Waals surface area contributed by atoms with Gasteiger partial charge in [0.1, 0.15) is 22.9 Å². The van der Waals surface area contributed by atoms with E-state index in [1.807, 2.05) is 13.8 Å². The molecule has 4 rings (SSSR count). The highest BCUT2D eigenvalue weighted by Crippen LogP contribution is 2.39. The molecule has 1 aromatic heterocycles. The van der Waals surface area contributed by atoms with Gasteiger partial charge in [-0.15, -0.1) is 0 Å². The third kappa shape index (κ3) is 3.85. The van der Waals surface area contributed by atoms with E-state index < -0.39 is 40.3 Å². The number of nitrogens with zero attached hydrogens (tertiary/aromatic N) is 3. The molecule has 2 aromatic rings. The Hall–Kier alpha value is -3.27. The molecule has 8 nitrogen and oxygen atoms in total. The van der Waals surface area contributed by atoms with Crippen molar-refractivity contribution in [1.29, 1.82) is 0 Å². The molecule has 2 aliphatic rings. The van der Waals surface area contributed by atoms with Crippen LogP contribution in [-0.2, 0) is 13.1 Å². The summed E-state index contributed by atoms with van der Waals surface area (Å²) in [4.78, 5) is 42.8. The average molecular weight is 475 g/mol. The predicted octanol–water partition coefficient (Wildman–Crippen LogP) is 2.29. The number of hydrogen-bond acceptors (Lipinski definition) is 5. The lowest BCUT2D eigenvalue weighted by Crippen LogP contribution is -2.60. The number of benzene rings is 1. The van der Waals surface area contributed by atoms with E-state index in [0.717, 1.165) is 12.6 Å². The first-order chi connectivity index (χ1) is 15.9. The highest BCUT2D eigenvalue weighted by Gasteiger charge is 2.53. The Bertz CT molecular complexity index is 1230. The summed E-state index contributed by atoms with van der Waals surface area (Å²) in [7, 11) is 0. The fourth-order valence-corrected chi connectivity index (χ4v) is 4.98. The molecule has 34 heavy (non-hydrogen) atoms. The zero-order chi connectivity index (χ0) is 24.9. The number of carbonyl (C=O) groups is 2. The summed E-state index contributed by atoms with van der Waals surface area (Å²) in [6, 6.07) is 3.03. The molecule has 3 heterocycles. The van der Waals surface area contributed by atoms with E-state index in [0.29, 0.717) is 18.5 Å². The van der Waals surface area contributed by atoms with E-state index in [1.54, 1.807) is 4.90 Å². The Morgan fingerprint density at radius 3 is 2.65 bits per heavy atom. The van der Waals surface area contributed by atoms with Crippen molar-refractivity contribution in [2.75, 3.05) is 13.1 Å². The summed E-state index contributed by atoms with van der Waals surface area (Å²) < 4.78 is 28.5. The lowest BCUT2D eigenvalue weighted by molar-refractivity contribution is -0.00798. The van der Waals surface area contributed by atoms with Gasteiger partial charge in [0.05, 0.1) is 6.54 Å². The van der Waals surface area contributed by atoms with Gasteiger partial charge in [-0.2, -0.15) is 0 Å². The number of pyridine rings is 1. The van der Waals surface area contributed by atoms with Gasteiger partial charge in [-0.05, 0) is 25.8 Å². The number of aromatic nitrogens is 1. The van der Waals surface area contributed by atoms with Crippen molar-refractivity contribution in [3.63, 3.8) is 0 Å². The van der Waals surface area contributed by atoms with Gasteiger partial charge in [0.15, 0.2) is 11.4 Å². The first kappa shape index (κ1) is 23.9. The second-order valence-corrected chi connectivity index (χ2v) is 9.64. The van der Waals surface area contributed by atoms with Crippen molar-refractivity contribution in [1.82, 2.24) is 19.7 Å². The van der Waals surface area contributed by atoms with Crippen molar-refractivity contribution in [3.05, 3.63) is 63.1 Å². The van der Waals surface area contributed by atoms with Crippen LogP contribution < -0.4 is 10.7 Å². The number of halogens is 2. The Labute approximate surface area is 195 Å². The molecule has 1 unspecified atom stereocenters. The zero-order valence-electron chi connectivity index (χ0n) is 19.6. The van der Waals surface area contributed by atoms with Gasteiger partial charge in [0.25, 0.3) is 11.8 Å². The molecule has 0 radical (unpaired) electrons. The first-order valence-electron chi connectivity index (χ1n) is 11.2. The number of carbonyl (C=O) groups excluding carboxylic acids is 2. The lowest BCUT2D eigenvalue weighted by atomic mass is 10.0. The summed E-state index contributed by atoms with van der Waals surface area (Å²) in [5.74, 6) is -3.32. The second kappa shape index (κ2) is 8.50. The van der Waals surface area contributed by atoms with Gasteiger partial charge in [-0.3, -0.25) is 19.3 Å². The predicted molar refractivity (Wildman–Crippen MR) is 120 cm³/mol. The van der Waals surface area contributed by atoms with Crippen molar-refractivity contribution in [2.24, 2.45) is 5.92 Å². The number of fused-ring (bicyclic) bond motifs is 2. The van der Waals surface area contributed by atoms with Gasteiger partial charge in [0, 0.05) is 43.5 Å². The molecule has 182 valence electrons. The summed E-state index contributed by atoms with van der Waals surface area (Å²) in [5.41, 5.74) is -2.15. The number of hydrogen-bond donors (Lipinski definition) is 2. The van der Waals surface area contributed by atoms with Crippen molar-refractivity contribution >= 4 is 11.8 Å². The molecular weight excluding hydrogens is 446 g/mol. The summed E-state index contributed by atoms with van der Waals surface area (Å²) >= 11 is 0. The fourth-order valence-electron chi connectivity index (χ4n) is 4.98. The topological polar surface area (TPSA) is 94.9 Å². The summed E-state index contributed by atoms with van der Waals surface area (Å²) in [6.07, 6.45) is 1.27. The monoisotopic (exact) mass is 474 g/mol. The van der Waals surface area contributed by atoms with Crippen molar-refractivity contribution in [2.45, 2.75) is 52.5 Å². The maximum Gasteiger partial charge on any atom is 0.276 e. The Morgan fingerprint density at radius 1 is 1.29 bits per heavy atom. The number of nitrogens with one attached hydrogen (secondary N) is 1. The molecule has 1 saturated heterocycles. The Kier molecular flexibility index (Phi) is 5.97. The van der Waals surface area contributed by atoms with Gasteiger partial charge >= 0.3 is 0 Å². The molecule has 0 bridgehead atoms. The SMILES string of the molecule is CC(C)CN1[C@@H](C)CN2C(=O)c3c(O)c(=O)c(C(=O)NCc4ccc(F)cc4F)cn3CC21C. The maximum absolute atomic E-state index is 13.9. The van der Waals surface area contributed by atoms with Crippen molar-refractivity contribution < 1.29 is 23.5 Å². The van der Waals surface area contributed by atoms with Crippen LogP contribution in [0.2, 0.25) is 0 Å². The van der Waals surface area contributed by atoms with Crippen LogP contribution in [0.5, 0.6) is 5.75 Å². The van der Waals surface area contributed by atoms with Gasteiger partial charge in [-0.1, -0.05) is 19.9 Å². The lowest BCUT2D eigenvalue weighted by Gasteiger charge is -2.46. The molecule has 1 aromatic carbocycles. The molecule has 2 amide bonds. The van der Waals surface area contributed by atoms with Crippen LogP contribution in [0.25, 0.3) is 0 Å². The molecular formula is C24H28F2N4O4. The Balaban J connectivity index is 1.67. The molecule has 0 saturated carbocycles. The van der Waals surface area contributed by atoms with Crippen LogP contribution >= 0.6 is 0 Å². The quantitative estimate of drug-likeness (QED) is 0.694. The molecule has 2 N–H and O–H groups in total. The van der Waals surface area contributed by atoms with E-state index in [1.165, 1.54) is 16.8 Å². The van der Waals surface area contributed by atoms with E-state index in [9.17, 15) is 28.3 Å². The second-order valence-electron chi connectivity index (χ2n) is 9.64. The molecule has 0 aliphatic carbocycles. The van der Waals surface area contributed by atoms with Gasteiger partial charge < -0.3 is 19.9 Å². The van der Waals surface area contributed by atoms with Crippen LogP contribution in [0.1, 0.15) is 54.1 Å². The van der Waals surface area contributed by atoms with E-state index in [4.69, 9.17) is 0 Å². The van der Waals surface area contributed by atoms with Crippen LogP contribution in [-0.4, -0.2) is 56.1 Å². The van der Waals surface area contributed by atoms with Crippen LogP contribution in [0.4, 0.5) is 8.78 Å². The molecule has 2 aliphatic heterocycles. The number of amides is 2. The Morgan fingerprint density at radius 2 is 2.00 bits per heavy atom. The smallest absolute Gasteiger partial charge is 0.276 e. The molecule has 10 heteroatoms. The van der Waals surface area contributed by atoms with Gasteiger partial charge in [-0.25, -0.2) is 8.78 Å². The van der Waals surface area contributed by atoms with E-state index in [-0.39, 0.29) is 36.0 Å². The first-order valence-corrected chi connectivity index (χ1v) is 11.2. The van der Waals surface area contributed by atoms with Crippen LogP contribution in [0, 0.1) is 17.6 Å².